The van der Waals surface area contributed by atoms with Crippen molar-refractivity contribution in [2.45, 2.75) is 26.9 Å². The third-order valence-electron chi connectivity index (χ3n) is 3.63. The molecule has 2 heterocycles. The first kappa shape index (κ1) is 15.4. The molecular formula is C17H17N3O2S. The molecule has 0 saturated heterocycles. The molecule has 0 atom stereocenters. The lowest BCUT2D eigenvalue weighted by molar-refractivity contribution is 0.0953. The number of imidazole rings is 1. The summed E-state index contributed by atoms with van der Waals surface area (Å²) < 4.78 is 2.09. The number of carbonyl (C=O) groups excluding carboxylic acids is 2. The summed E-state index contributed by atoms with van der Waals surface area (Å²) >= 11 is 1.21. The maximum atomic E-state index is 12.2. The number of Topliss-reactive ketones (excluding diaryl/α,β-unsaturated/α-hetero) is 1. The fraction of sp³-hybridized carbons (Fsp3) is 0.235. The van der Waals surface area contributed by atoms with Crippen LogP contribution in [0.1, 0.15) is 39.0 Å². The number of benzene rings is 1. The van der Waals surface area contributed by atoms with Crippen LogP contribution in [0.25, 0.3) is 11.0 Å². The third-order valence-corrected chi connectivity index (χ3v) is 4.82. The van der Waals surface area contributed by atoms with Crippen molar-refractivity contribution in [2.75, 3.05) is 0 Å². The molecule has 23 heavy (non-hydrogen) atoms. The van der Waals surface area contributed by atoms with E-state index in [0.717, 1.165) is 23.4 Å². The number of nitrogens with zero attached hydrogens (tertiary/aromatic N) is 2. The Morgan fingerprint density at radius 2 is 1.91 bits per heavy atom. The minimum Gasteiger partial charge on any atom is -0.344 e. The first-order valence-electron chi connectivity index (χ1n) is 7.43. The first-order valence-corrected chi connectivity index (χ1v) is 8.25. The quantitative estimate of drug-likeness (QED) is 0.732. The molecule has 0 saturated carbocycles. The molecule has 0 aliphatic carbocycles. The number of amides is 1. The number of aryl methyl sites for hydroxylation is 1. The van der Waals surface area contributed by atoms with Crippen molar-refractivity contribution in [1.82, 2.24) is 14.9 Å². The second-order valence-electron chi connectivity index (χ2n) is 5.16. The van der Waals surface area contributed by atoms with Crippen molar-refractivity contribution in [3.05, 3.63) is 52.0 Å². The van der Waals surface area contributed by atoms with Gasteiger partial charge < -0.3 is 9.88 Å². The second kappa shape index (κ2) is 6.34. The SMILES string of the molecule is CCn1c(CNC(=O)c2ccc(C(C)=O)s2)nc2ccccc21. The van der Waals surface area contributed by atoms with Crippen molar-refractivity contribution < 1.29 is 9.59 Å². The summed E-state index contributed by atoms with van der Waals surface area (Å²) in [6, 6.07) is 11.3. The Bertz CT molecular complexity index is 879. The Kier molecular flexibility index (Phi) is 4.25. The predicted molar refractivity (Wildman–Crippen MR) is 90.9 cm³/mol. The Morgan fingerprint density at radius 1 is 1.17 bits per heavy atom. The van der Waals surface area contributed by atoms with Crippen molar-refractivity contribution in [1.29, 1.82) is 0 Å². The van der Waals surface area contributed by atoms with Gasteiger partial charge in [-0.25, -0.2) is 4.98 Å². The van der Waals surface area contributed by atoms with Crippen LogP contribution in [-0.4, -0.2) is 21.2 Å². The molecule has 3 rings (SSSR count). The number of ketones is 1. The van der Waals surface area contributed by atoms with Crippen LogP contribution in [0, 0.1) is 0 Å². The van der Waals surface area contributed by atoms with Gasteiger partial charge in [-0.3, -0.25) is 9.59 Å². The van der Waals surface area contributed by atoms with Gasteiger partial charge in [-0.1, -0.05) is 12.1 Å². The number of carbonyl (C=O) groups is 2. The maximum Gasteiger partial charge on any atom is 0.261 e. The summed E-state index contributed by atoms with van der Waals surface area (Å²) in [6.07, 6.45) is 0. The number of rotatable bonds is 5. The Labute approximate surface area is 138 Å². The largest absolute Gasteiger partial charge is 0.344 e. The number of para-hydroxylation sites is 2. The number of aromatic nitrogens is 2. The zero-order valence-corrected chi connectivity index (χ0v) is 13.8. The highest BCUT2D eigenvalue weighted by Gasteiger charge is 2.13. The van der Waals surface area contributed by atoms with Crippen LogP contribution < -0.4 is 5.32 Å². The van der Waals surface area contributed by atoms with Crippen molar-refractivity contribution in [2.24, 2.45) is 0 Å². The lowest BCUT2D eigenvalue weighted by Crippen LogP contribution is -2.23. The molecule has 118 valence electrons. The summed E-state index contributed by atoms with van der Waals surface area (Å²) in [5.41, 5.74) is 1.99. The average molecular weight is 327 g/mol. The van der Waals surface area contributed by atoms with Gasteiger partial charge in [0.25, 0.3) is 5.91 Å². The second-order valence-corrected chi connectivity index (χ2v) is 6.25. The summed E-state index contributed by atoms with van der Waals surface area (Å²) in [5, 5.41) is 2.88. The highest BCUT2D eigenvalue weighted by Crippen LogP contribution is 2.18. The smallest absolute Gasteiger partial charge is 0.261 e. The number of fused-ring (bicyclic) bond motifs is 1. The van der Waals surface area contributed by atoms with E-state index in [4.69, 9.17) is 0 Å². The molecule has 0 fully saturated rings. The summed E-state index contributed by atoms with van der Waals surface area (Å²) in [4.78, 5) is 29.2. The highest BCUT2D eigenvalue weighted by atomic mass is 32.1. The summed E-state index contributed by atoms with van der Waals surface area (Å²) in [7, 11) is 0. The molecule has 5 nitrogen and oxygen atoms in total. The molecule has 3 aromatic rings. The van der Waals surface area contributed by atoms with Gasteiger partial charge >= 0.3 is 0 Å². The molecule has 0 aliphatic rings. The van der Waals surface area contributed by atoms with Crippen LogP contribution >= 0.6 is 11.3 Å². The summed E-state index contributed by atoms with van der Waals surface area (Å²) in [5.74, 6) is 0.615. The number of hydrogen-bond acceptors (Lipinski definition) is 4. The van der Waals surface area contributed by atoms with E-state index in [0.29, 0.717) is 16.3 Å². The first-order chi connectivity index (χ1) is 11.1. The highest BCUT2D eigenvalue weighted by molar-refractivity contribution is 7.15. The van der Waals surface area contributed by atoms with Crippen LogP contribution in [0.2, 0.25) is 0 Å². The van der Waals surface area contributed by atoms with Crippen LogP contribution in [0.15, 0.2) is 36.4 Å². The molecule has 0 aliphatic heterocycles. The van der Waals surface area contributed by atoms with Crippen LogP contribution in [0.4, 0.5) is 0 Å². The Hall–Kier alpha value is -2.47. The van der Waals surface area contributed by atoms with Crippen molar-refractivity contribution in [3.8, 4) is 0 Å². The molecule has 1 aromatic carbocycles. The number of thiophene rings is 1. The molecule has 0 spiro atoms. The molecule has 2 aromatic heterocycles. The minimum atomic E-state index is -0.183. The van der Waals surface area contributed by atoms with Gasteiger partial charge in [-0.2, -0.15) is 0 Å². The molecular weight excluding hydrogens is 310 g/mol. The lowest BCUT2D eigenvalue weighted by Gasteiger charge is -2.07. The number of nitrogens with one attached hydrogen (secondary N) is 1. The van der Waals surface area contributed by atoms with E-state index >= 15 is 0 Å². The van der Waals surface area contributed by atoms with E-state index in [1.54, 1.807) is 12.1 Å². The zero-order valence-electron chi connectivity index (χ0n) is 13.0. The number of hydrogen-bond donors (Lipinski definition) is 1. The maximum absolute atomic E-state index is 12.2. The van der Waals surface area contributed by atoms with E-state index in [2.05, 4.69) is 21.8 Å². The summed E-state index contributed by atoms with van der Waals surface area (Å²) in [6.45, 7) is 4.70. The molecule has 1 N–H and O–H groups in total. The van der Waals surface area contributed by atoms with Gasteiger partial charge in [0.05, 0.1) is 27.3 Å². The monoisotopic (exact) mass is 327 g/mol. The van der Waals surface area contributed by atoms with Crippen LogP contribution in [0.3, 0.4) is 0 Å². The van der Waals surface area contributed by atoms with E-state index < -0.39 is 0 Å². The van der Waals surface area contributed by atoms with Gasteiger partial charge in [0, 0.05) is 6.54 Å². The van der Waals surface area contributed by atoms with Crippen molar-refractivity contribution in [3.63, 3.8) is 0 Å². The van der Waals surface area contributed by atoms with E-state index in [1.165, 1.54) is 18.3 Å². The third kappa shape index (κ3) is 3.03. The fourth-order valence-corrected chi connectivity index (χ4v) is 3.33. The predicted octanol–water partition coefficient (Wildman–Crippen LogP) is 3.25. The van der Waals surface area contributed by atoms with Gasteiger partial charge in [0.15, 0.2) is 5.78 Å². The van der Waals surface area contributed by atoms with E-state index in [1.807, 2.05) is 24.3 Å². The molecule has 1 amide bonds. The standard InChI is InChI=1S/C17H17N3O2S/c1-3-20-13-7-5-4-6-12(13)19-16(20)10-18-17(22)15-9-8-14(23-15)11(2)21/h4-9H,3,10H2,1-2H3,(H,18,22). The van der Waals surface area contributed by atoms with Gasteiger partial charge in [-0.15, -0.1) is 11.3 Å². The van der Waals surface area contributed by atoms with Crippen LogP contribution in [-0.2, 0) is 13.1 Å². The molecule has 6 heteroatoms. The molecule has 0 radical (unpaired) electrons. The minimum absolute atomic E-state index is 0.0261. The van der Waals surface area contributed by atoms with Gasteiger partial charge in [0.2, 0.25) is 0 Å². The fourth-order valence-electron chi connectivity index (χ4n) is 2.51. The lowest BCUT2D eigenvalue weighted by atomic mass is 10.3. The van der Waals surface area contributed by atoms with Gasteiger partial charge in [0.1, 0.15) is 5.82 Å². The average Bonchev–Trinajstić information content (AvgIpc) is 3.16. The zero-order chi connectivity index (χ0) is 16.4. The topological polar surface area (TPSA) is 64.0 Å². The van der Waals surface area contributed by atoms with E-state index in [9.17, 15) is 9.59 Å². The molecule has 0 bridgehead atoms. The normalized spacial score (nSPS) is 10.9. The van der Waals surface area contributed by atoms with Crippen molar-refractivity contribution >= 4 is 34.1 Å². The van der Waals surface area contributed by atoms with E-state index in [-0.39, 0.29) is 11.7 Å². The molecule has 0 unspecified atom stereocenters. The Balaban J connectivity index is 1.77. The van der Waals surface area contributed by atoms with Gasteiger partial charge in [-0.05, 0) is 38.1 Å². The van der Waals surface area contributed by atoms with Crippen LogP contribution in [0.5, 0.6) is 0 Å². The Morgan fingerprint density at radius 3 is 2.61 bits per heavy atom.